The maximum atomic E-state index is 11.9. The molecule has 2 aromatic carbocycles. The fourth-order valence-electron chi connectivity index (χ4n) is 1.74. The average molecular weight is 305 g/mol. The summed E-state index contributed by atoms with van der Waals surface area (Å²) in [5.41, 5.74) is 7.77. The molecule has 0 heterocycles. The Morgan fingerprint density at radius 1 is 1.15 bits per heavy atom. The van der Waals surface area contributed by atoms with Gasteiger partial charge in [0.05, 0.1) is 6.42 Å². The molecule has 3 nitrogen and oxygen atoms in total. The van der Waals surface area contributed by atoms with Crippen LogP contribution < -0.4 is 11.1 Å². The highest BCUT2D eigenvalue weighted by molar-refractivity contribution is 7.80. The van der Waals surface area contributed by atoms with Gasteiger partial charge in [0.15, 0.2) is 0 Å². The van der Waals surface area contributed by atoms with Gasteiger partial charge in [0, 0.05) is 16.3 Å². The van der Waals surface area contributed by atoms with Crippen molar-refractivity contribution in [2.24, 2.45) is 5.73 Å². The highest BCUT2D eigenvalue weighted by Crippen LogP contribution is 2.16. The topological polar surface area (TPSA) is 55.1 Å². The fraction of sp³-hybridized carbons (Fsp3) is 0.0667. The van der Waals surface area contributed by atoms with Crippen LogP contribution in [0.5, 0.6) is 0 Å². The van der Waals surface area contributed by atoms with Crippen LogP contribution in [0.3, 0.4) is 0 Å². The van der Waals surface area contributed by atoms with Crippen molar-refractivity contribution in [3.8, 4) is 0 Å². The summed E-state index contributed by atoms with van der Waals surface area (Å²) in [6.45, 7) is 0. The van der Waals surface area contributed by atoms with Gasteiger partial charge < -0.3 is 11.1 Å². The second-order valence-corrected chi connectivity index (χ2v) is 5.10. The highest BCUT2D eigenvalue weighted by Gasteiger charge is 2.07. The van der Waals surface area contributed by atoms with Crippen molar-refractivity contribution in [2.75, 3.05) is 5.32 Å². The third kappa shape index (κ3) is 3.79. The molecule has 2 rings (SSSR count). The Hall–Kier alpha value is -1.91. The van der Waals surface area contributed by atoms with Crippen molar-refractivity contribution < 1.29 is 4.79 Å². The molecule has 0 unspecified atom stereocenters. The van der Waals surface area contributed by atoms with Crippen molar-refractivity contribution in [1.29, 1.82) is 0 Å². The zero-order chi connectivity index (χ0) is 14.5. The molecule has 0 fully saturated rings. The Labute approximate surface area is 127 Å². The zero-order valence-electron chi connectivity index (χ0n) is 10.6. The third-order valence-electron chi connectivity index (χ3n) is 2.76. The third-order valence-corrected chi connectivity index (χ3v) is 3.37. The van der Waals surface area contributed by atoms with Crippen molar-refractivity contribution >= 4 is 40.4 Å². The number of nitrogens with one attached hydrogen (secondary N) is 1. The van der Waals surface area contributed by atoms with E-state index in [1.807, 2.05) is 18.2 Å². The Morgan fingerprint density at radius 3 is 2.40 bits per heavy atom. The molecule has 0 bridgehead atoms. The van der Waals surface area contributed by atoms with E-state index in [0.29, 0.717) is 15.7 Å². The van der Waals surface area contributed by atoms with Crippen molar-refractivity contribution in [1.82, 2.24) is 0 Å². The van der Waals surface area contributed by atoms with Crippen LogP contribution in [0.25, 0.3) is 0 Å². The lowest BCUT2D eigenvalue weighted by molar-refractivity contribution is -0.115. The normalized spacial score (nSPS) is 10.1. The minimum absolute atomic E-state index is 0.124. The Kier molecular flexibility index (Phi) is 4.71. The minimum Gasteiger partial charge on any atom is -0.389 e. The summed E-state index contributed by atoms with van der Waals surface area (Å²) in [5, 5.41) is 3.39. The molecule has 1 amide bonds. The van der Waals surface area contributed by atoms with Gasteiger partial charge in [-0.05, 0) is 35.9 Å². The second-order valence-electron chi connectivity index (χ2n) is 4.26. The van der Waals surface area contributed by atoms with Gasteiger partial charge in [-0.25, -0.2) is 0 Å². The lowest BCUT2D eigenvalue weighted by Crippen LogP contribution is -2.15. The van der Waals surface area contributed by atoms with Gasteiger partial charge in [0.25, 0.3) is 0 Å². The predicted octanol–water partition coefficient (Wildman–Crippen LogP) is 3.16. The Bertz CT molecular complexity index is 641. The molecule has 20 heavy (non-hydrogen) atoms. The smallest absolute Gasteiger partial charge is 0.228 e. The molecule has 0 atom stereocenters. The Balaban J connectivity index is 2.01. The lowest BCUT2D eigenvalue weighted by atomic mass is 10.1. The first kappa shape index (κ1) is 14.5. The van der Waals surface area contributed by atoms with Crippen molar-refractivity contribution in [3.05, 3.63) is 64.7 Å². The fourth-order valence-corrected chi connectivity index (χ4v) is 2.08. The molecule has 0 aliphatic carbocycles. The zero-order valence-corrected chi connectivity index (χ0v) is 12.2. The summed E-state index contributed by atoms with van der Waals surface area (Å²) in [5.74, 6) is -0.124. The van der Waals surface area contributed by atoms with Crippen LogP contribution >= 0.6 is 23.8 Å². The molecular weight excluding hydrogens is 292 g/mol. The number of benzene rings is 2. The van der Waals surface area contributed by atoms with E-state index >= 15 is 0 Å². The van der Waals surface area contributed by atoms with E-state index in [1.165, 1.54) is 0 Å². The largest absolute Gasteiger partial charge is 0.389 e. The van der Waals surface area contributed by atoms with E-state index in [0.717, 1.165) is 11.1 Å². The molecule has 0 saturated carbocycles. The summed E-state index contributed by atoms with van der Waals surface area (Å²) >= 11 is 10.9. The predicted molar refractivity (Wildman–Crippen MR) is 86.1 cm³/mol. The van der Waals surface area contributed by atoms with Crippen molar-refractivity contribution in [3.63, 3.8) is 0 Å². The number of hydrogen-bond donors (Lipinski definition) is 2. The first-order valence-electron chi connectivity index (χ1n) is 5.99. The number of nitrogens with two attached hydrogens (primary N) is 1. The summed E-state index contributed by atoms with van der Waals surface area (Å²) in [4.78, 5) is 12.3. The molecule has 0 radical (unpaired) electrons. The summed E-state index contributed by atoms with van der Waals surface area (Å²) in [7, 11) is 0. The van der Waals surface area contributed by atoms with Crippen LogP contribution in [0.4, 0.5) is 5.69 Å². The van der Waals surface area contributed by atoms with E-state index in [2.05, 4.69) is 5.32 Å². The number of hydrogen-bond acceptors (Lipinski definition) is 2. The van der Waals surface area contributed by atoms with Gasteiger partial charge >= 0.3 is 0 Å². The number of halogens is 1. The number of amides is 1. The van der Waals surface area contributed by atoms with Gasteiger partial charge in [-0.3, -0.25) is 4.79 Å². The minimum atomic E-state index is -0.124. The summed E-state index contributed by atoms with van der Waals surface area (Å²) < 4.78 is 0. The Morgan fingerprint density at radius 2 is 1.80 bits per heavy atom. The maximum Gasteiger partial charge on any atom is 0.228 e. The molecule has 0 aliphatic heterocycles. The van der Waals surface area contributed by atoms with Crippen LogP contribution in [-0.4, -0.2) is 10.9 Å². The number of carbonyl (C=O) groups is 1. The van der Waals surface area contributed by atoms with Crippen molar-refractivity contribution in [2.45, 2.75) is 6.42 Å². The average Bonchev–Trinajstić information content (AvgIpc) is 2.42. The maximum absolute atomic E-state index is 11.9. The van der Waals surface area contributed by atoms with Gasteiger partial charge in [-0.2, -0.15) is 0 Å². The second kappa shape index (κ2) is 6.50. The van der Waals surface area contributed by atoms with E-state index in [4.69, 9.17) is 29.6 Å². The SMILES string of the molecule is NC(=S)c1ccc(NC(=O)Cc2ccccc2Cl)cc1. The van der Waals surface area contributed by atoms with E-state index in [1.54, 1.807) is 30.3 Å². The molecule has 0 aromatic heterocycles. The molecule has 102 valence electrons. The molecule has 2 aromatic rings. The van der Waals surface area contributed by atoms with Crippen LogP contribution in [0, 0.1) is 0 Å². The van der Waals surface area contributed by atoms with E-state index in [-0.39, 0.29) is 12.3 Å². The first-order chi connectivity index (χ1) is 9.56. The van der Waals surface area contributed by atoms with Crippen LogP contribution in [0.2, 0.25) is 5.02 Å². The van der Waals surface area contributed by atoms with E-state index < -0.39 is 0 Å². The van der Waals surface area contributed by atoms with Crippen LogP contribution in [0.15, 0.2) is 48.5 Å². The molecule has 0 spiro atoms. The molecule has 3 N–H and O–H groups in total. The number of carbonyl (C=O) groups excluding carboxylic acids is 1. The lowest BCUT2D eigenvalue weighted by Gasteiger charge is -2.07. The summed E-state index contributed by atoms with van der Waals surface area (Å²) in [6, 6.07) is 14.3. The molecule has 0 aliphatic rings. The quantitative estimate of drug-likeness (QED) is 0.853. The van der Waals surface area contributed by atoms with Gasteiger partial charge in [0.2, 0.25) is 5.91 Å². The van der Waals surface area contributed by atoms with Gasteiger partial charge in [0.1, 0.15) is 4.99 Å². The van der Waals surface area contributed by atoms with Crippen LogP contribution in [0.1, 0.15) is 11.1 Å². The standard InChI is InChI=1S/C15H13ClN2OS/c16-13-4-2-1-3-11(13)9-14(19)18-12-7-5-10(6-8-12)15(17)20/h1-8H,9H2,(H2,17,20)(H,18,19). The molecule has 5 heteroatoms. The summed E-state index contributed by atoms with van der Waals surface area (Å²) in [6.07, 6.45) is 0.233. The van der Waals surface area contributed by atoms with Gasteiger partial charge in [-0.1, -0.05) is 42.0 Å². The van der Waals surface area contributed by atoms with Crippen LogP contribution in [-0.2, 0) is 11.2 Å². The number of rotatable bonds is 4. The van der Waals surface area contributed by atoms with Gasteiger partial charge in [-0.15, -0.1) is 0 Å². The first-order valence-corrected chi connectivity index (χ1v) is 6.78. The van der Waals surface area contributed by atoms with E-state index in [9.17, 15) is 4.79 Å². The number of anilines is 1. The molecular formula is C15H13ClN2OS. The monoisotopic (exact) mass is 304 g/mol. The number of thiocarbonyl (C=S) groups is 1. The molecule has 0 saturated heterocycles. The highest BCUT2D eigenvalue weighted by atomic mass is 35.5.